The number of carbonyl (C=O) groups is 3. The number of esters is 2. The summed E-state index contributed by atoms with van der Waals surface area (Å²) in [6.45, 7) is 12.0. The fourth-order valence-electron chi connectivity index (χ4n) is 4.81. The van der Waals surface area contributed by atoms with Crippen LogP contribution >= 0.6 is 0 Å². The summed E-state index contributed by atoms with van der Waals surface area (Å²) >= 11 is 0. The van der Waals surface area contributed by atoms with Gasteiger partial charge in [-0.2, -0.15) is 8.42 Å². The van der Waals surface area contributed by atoms with Crippen molar-refractivity contribution in [2.75, 3.05) is 19.5 Å². The van der Waals surface area contributed by atoms with Crippen LogP contribution in [0.5, 0.6) is 0 Å². The van der Waals surface area contributed by atoms with Crippen LogP contribution in [-0.2, 0) is 57.3 Å². The maximum Gasteiger partial charge on any atom is 1.00 e. The van der Waals surface area contributed by atoms with Gasteiger partial charge in [0, 0.05) is 24.0 Å². The van der Waals surface area contributed by atoms with E-state index < -0.39 is 34.4 Å². The monoisotopic (exact) mass is 688 g/mol. The van der Waals surface area contributed by atoms with Gasteiger partial charge in [0.15, 0.2) is 0 Å². The third-order valence-electron chi connectivity index (χ3n) is 7.17. The van der Waals surface area contributed by atoms with Crippen molar-refractivity contribution in [3.05, 3.63) is 23.3 Å². The summed E-state index contributed by atoms with van der Waals surface area (Å²) in [6, 6.07) is 0. The number of rotatable bonds is 15. The fourth-order valence-corrected chi connectivity index (χ4v) is 5.44. The zero-order chi connectivity index (χ0) is 34.2. The SMILES string of the molecule is CCOC(=O)C1=C[C@@H](OC(CC)CC)[C@@H](O)[C@H](OS(C)(=O)=O)C1.CCOC(=O)C1=C[C@@H](OC(CC)CC)[C@H]2O[C@H]2C1.O=CO[O-].[Na+]. The Morgan fingerprint density at radius 1 is 0.913 bits per heavy atom. The van der Waals surface area contributed by atoms with Gasteiger partial charge in [0.25, 0.3) is 16.6 Å². The van der Waals surface area contributed by atoms with Crippen molar-refractivity contribution in [1.29, 1.82) is 0 Å². The van der Waals surface area contributed by atoms with Crippen molar-refractivity contribution < 1.29 is 95.5 Å². The molecule has 1 heterocycles. The predicted octanol–water partition coefficient (Wildman–Crippen LogP) is -1.18. The molecule has 0 unspecified atom stereocenters. The molecule has 2 aliphatic carbocycles. The van der Waals surface area contributed by atoms with Crippen LogP contribution in [0.25, 0.3) is 0 Å². The van der Waals surface area contributed by atoms with Crippen molar-refractivity contribution in [3.8, 4) is 0 Å². The minimum Gasteiger partial charge on any atom is -0.662 e. The first-order valence-electron chi connectivity index (χ1n) is 15.3. The molecule has 16 heteroatoms. The molecule has 1 saturated heterocycles. The van der Waals surface area contributed by atoms with Crippen LogP contribution in [0.2, 0.25) is 0 Å². The maximum absolute atomic E-state index is 12.0. The van der Waals surface area contributed by atoms with Crippen molar-refractivity contribution in [2.45, 2.75) is 129 Å². The summed E-state index contributed by atoms with van der Waals surface area (Å²) < 4.78 is 55.0. The summed E-state index contributed by atoms with van der Waals surface area (Å²) in [5.74, 6) is -0.788. The summed E-state index contributed by atoms with van der Waals surface area (Å²) in [4.78, 5) is 34.9. The smallest absolute Gasteiger partial charge is 0.662 e. The molecule has 14 nitrogen and oxygen atoms in total. The Labute approximate surface area is 294 Å². The van der Waals surface area contributed by atoms with Crippen molar-refractivity contribution in [3.63, 3.8) is 0 Å². The molecule has 0 aromatic heterocycles. The Balaban J connectivity index is 0.000000787. The van der Waals surface area contributed by atoms with Gasteiger partial charge in [0.1, 0.15) is 30.5 Å². The number of aliphatic hydroxyl groups is 1. The van der Waals surface area contributed by atoms with Crippen LogP contribution < -0.4 is 34.8 Å². The Morgan fingerprint density at radius 3 is 1.76 bits per heavy atom. The Morgan fingerprint density at radius 2 is 1.35 bits per heavy atom. The summed E-state index contributed by atoms with van der Waals surface area (Å²) in [5.41, 5.74) is 0.952. The molecule has 1 aliphatic heterocycles. The van der Waals surface area contributed by atoms with E-state index >= 15 is 0 Å². The quantitative estimate of drug-likeness (QED) is 0.0410. The van der Waals surface area contributed by atoms with Crippen LogP contribution in [0.1, 0.15) is 80.1 Å². The minimum atomic E-state index is -3.78. The zero-order valence-electron chi connectivity index (χ0n) is 28.2. The molecule has 3 aliphatic rings. The first-order chi connectivity index (χ1) is 21.3. The fraction of sp³-hybridized carbons (Fsp3) is 0.767. The molecule has 3 rings (SSSR count). The van der Waals surface area contributed by atoms with Gasteiger partial charge in [-0.3, -0.25) is 8.98 Å². The van der Waals surface area contributed by atoms with Gasteiger partial charge >= 0.3 is 41.5 Å². The molecule has 6 atom stereocenters. The first kappa shape index (κ1) is 44.6. The maximum atomic E-state index is 12.0. The second kappa shape index (κ2) is 23.0. The van der Waals surface area contributed by atoms with Crippen LogP contribution in [-0.4, -0.2) is 100 Å². The Kier molecular flexibility index (Phi) is 22.3. The second-order valence-electron chi connectivity index (χ2n) is 10.5. The van der Waals surface area contributed by atoms with E-state index in [9.17, 15) is 23.1 Å². The second-order valence-corrected chi connectivity index (χ2v) is 12.1. The van der Waals surface area contributed by atoms with Crippen LogP contribution in [0.4, 0.5) is 0 Å². The number of hydrogen-bond acceptors (Lipinski definition) is 14. The van der Waals surface area contributed by atoms with Crippen molar-refractivity contribution in [1.82, 2.24) is 0 Å². The zero-order valence-corrected chi connectivity index (χ0v) is 31.0. The van der Waals surface area contributed by atoms with E-state index in [4.69, 9.17) is 37.9 Å². The molecule has 0 aromatic carbocycles. The normalized spacial score (nSPS) is 24.8. The number of carbonyl (C=O) groups excluding carboxylic acids is 3. The van der Waals surface area contributed by atoms with Gasteiger partial charge in [-0.1, -0.05) is 27.7 Å². The topological polar surface area (TPSA) is 197 Å². The third-order valence-corrected chi connectivity index (χ3v) is 7.77. The van der Waals surface area contributed by atoms with Gasteiger partial charge in [0.05, 0.1) is 37.8 Å². The Bertz CT molecular complexity index is 1090. The predicted molar refractivity (Wildman–Crippen MR) is 159 cm³/mol. The van der Waals surface area contributed by atoms with E-state index in [2.05, 4.69) is 18.7 Å². The standard InChI is InChI=1S/C15H26O7S.C14H22O4.CH2O3.Na/c1-5-11(6-2)21-12-8-10(15(17)20-7-3)9-13(14(12)16)22-23(4,18)19;1-4-10(5-2)17-11-7-9(14(15)16-6-3)8-12-13(11)18-12;2-1-4-3;/h8,11-14,16H,5-7,9H2,1-4H3;7,10-13H,4-6,8H2,1-3H3;1,3H;/q;;;+1/p-1/t12-,13-,14-;11-,12+,13-;;/m11../s1. The van der Waals surface area contributed by atoms with Crippen molar-refractivity contribution >= 4 is 28.5 Å². The van der Waals surface area contributed by atoms with Gasteiger partial charge in [-0.25, -0.2) is 9.59 Å². The van der Waals surface area contributed by atoms with Gasteiger partial charge < -0.3 is 38.9 Å². The summed E-state index contributed by atoms with van der Waals surface area (Å²) in [7, 11) is -3.78. The number of ether oxygens (including phenoxy) is 5. The molecule has 1 N–H and O–H groups in total. The molecule has 0 spiro atoms. The van der Waals surface area contributed by atoms with Crippen molar-refractivity contribution in [2.24, 2.45) is 0 Å². The average Bonchev–Trinajstić information content (AvgIpc) is 3.80. The van der Waals surface area contributed by atoms with E-state index in [1.165, 1.54) is 6.08 Å². The van der Waals surface area contributed by atoms with E-state index in [0.29, 0.717) is 18.6 Å². The van der Waals surface area contributed by atoms with Crippen LogP contribution in [0.15, 0.2) is 23.3 Å². The molecule has 0 bridgehead atoms. The molecule has 0 aromatic rings. The van der Waals surface area contributed by atoms with Crippen LogP contribution in [0.3, 0.4) is 0 Å². The molecule has 260 valence electrons. The Hall–Kier alpha value is -1.40. The number of hydrogen-bond donors (Lipinski definition) is 1. The molecular weight excluding hydrogens is 639 g/mol. The largest absolute Gasteiger partial charge is 1.00 e. The van der Waals surface area contributed by atoms with E-state index in [0.717, 1.165) is 31.9 Å². The molecule has 1 fully saturated rings. The van der Waals surface area contributed by atoms with E-state index in [1.54, 1.807) is 6.92 Å². The molecule has 0 amide bonds. The van der Waals surface area contributed by atoms with Crippen LogP contribution in [0, 0.1) is 0 Å². The third kappa shape index (κ3) is 15.7. The van der Waals surface area contributed by atoms with Gasteiger partial charge in [0.2, 0.25) is 0 Å². The molecule has 46 heavy (non-hydrogen) atoms. The van der Waals surface area contributed by atoms with Gasteiger partial charge in [-0.15, -0.1) is 0 Å². The number of aliphatic hydroxyl groups excluding tert-OH is 1. The van der Waals surface area contributed by atoms with E-state index in [-0.39, 0.29) is 91.1 Å². The minimum absolute atomic E-state index is 0. The molecular formula is C30H49NaO14S. The number of fused-ring (bicyclic) bond motifs is 1. The number of epoxide rings is 1. The summed E-state index contributed by atoms with van der Waals surface area (Å²) in [6.07, 6.45) is 5.60. The first-order valence-corrected chi connectivity index (χ1v) is 17.1. The molecule has 0 saturated carbocycles. The molecule has 0 radical (unpaired) electrons. The summed E-state index contributed by atoms with van der Waals surface area (Å²) in [5, 5.41) is 18.8. The van der Waals surface area contributed by atoms with E-state index in [1.807, 2.05) is 26.8 Å². The average molecular weight is 689 g/mol. The van der Waals surface area contributed by atoms with Gasteiger partial charge in [-0.05, 0) is 51.7 Å².